The van der Waals surface area contributed by atoms with Gasteiger partial charge in [0.25, 0.3) is 0 Å². The number of hydrogen-bond donors (Lipinski definition) is 0. The van der Waals surface area contributed by atoms with E-state index in [1.165, 1.54) is 12.1 Å². The first kappa shape index (κ1) is 19.9. The monoisotopic (exact) mass is 383 g/mol. The maximum absolute atomic E-state index is 13.1. The van der Waals surface area contributed by atoms with Crippen LogP contribution in [0.3, 0.4) is 0 Å². The fourth-order valence-corrected chi connectivity index (χ4v) is 3.35. The number of hydrogen-bond acceptors (Lipinski definition) is 3. The van der Waals surface area contributed by atoms with E-state index >= 15 is 0 Å². The third kappa shape index (κ3) is 4.68. The quantitative estimate of drug-likeness (QED) is 0.763. The van der Waals surface area contributed by atoms with Gasteiger partial charge in [-0.3, -0.25) is 9.59 Å². The second-order valence-corrected chi connectivity index (χ2v) is 7.27. The molecule has 3 rings (SSSR count). The molecule has 1 heterocycles. The lowest BCUT2D eigenvalue weighted by Gasteiger charge is -2.37. The Bertz CT molecular complexity index is 800. The molecule has 0 saturated carbocycles. The SMILES string of the molecule is CC(C)N(Cc1ccccc1)C(=O)C(=O)N1CCN(c2ccc(F)cc2)CC1. The molecule has 0 aliphatic carbocycles. The van der Waals surface area contributed by atoms with Gasteiger partial charge < -0.3 is 14.7 Å². The van der Waals surface area contributed by atoms with Gasteiger partial charge in [-0.1, -0.05) is 30.3 Å². The van der Waals surface area contributed by atoms with E-state index in [0.717, 1.165) is 11.3 Å². The van der Waals surface area contributed by atoms with Crippen molar-refractivity contribution in [3.8, 4) is 0 Å². The van der Waals surface area contributed by atoms with Crippen LogP contribution in [0.2, 0.25) is 0 Å². The van der Waals surface area contributed by atoms with Gasteiger partial charge >= 0.3 is 11.8 Å². The molecule has 0 atom stereocenters. The van der Waals surface area contributed by atoms with Gasteiger partial charge in [-0.05, 0) is 43.7 Å². The smallest absolute Gasteiger partial charge is 0.312 e. The highest BCUT2D eigenvalue weighted by atomic mass is 19.1. The maximum Gasteiger partial charge on any atom is 0.312 e. The Labute approximate surface area is 165 Å². The third-order valence-corrected chi connectivity index (χ3v) is 5.02. The number of nitrogens with zero attached hydrogens (tertiary/aromatic N) is 3. The Morgan fingerprint density at radius 1 is 0.964 bits per heavy atom. The number of carbonyl (C=O) groups is 2. The lowest BCUT2D eigenvalue weighted by atomic mass is 10.1. The predicted molar refractivity (Wildman–Crippen MR) is 107 cm³/mol. The van der Waals surface area contributed by atoms with Crippen LogP contribution in [0.4, 0.5) is 10.1 Å². The normalized spacial score (nSPS) is 14.3. The van der Waals surface area contributed by atoms with Crippen molar-refractivity contribution >= 4 is 17.5 Å². The van der Waals surface area contributed by atoms with Crippen LogP contribution in [0.25, 0.3) is 0 Å². The number of rotatable bonds is 4. The van der Waals surface area contributed by atoms with Crippen molar-refractivity contribution < 1.29 is 14.0 Å². The summed E-state index contributed by atoms with van der Waals surface area (Å²) in [5.41, 5.74) is 1.92. The van der Waals surface area contributed by atoms with Crippen molar-refractivity contribution in [2.24, 2.45) is 0 Å². The topological polar surface area (TPSA) is 43.9 Å². The maximum atomic E-state index is 13.1. The van der Waals surface area contributed by atoms with Crippen LogP contribution in [0.5, 0.6) is 0 Å². The minimum Gasteiger partial charge on any atom is -0.368 e. The fraction of sp³-hybridized carbons (Fsp3) is 0.364. The Morgan fingerprint density at radius 2 is 1.57 bits per heavy atom. The average Bonchev–Trinajstić information content (AvgIpc) is 2.72. The zero-order chi connectivity index (χ0) is 20.1. The number of piperazine rings is 1. The molecule has 0 aromatic heterocycles. The van der Waals surface area contributed by atoms with E-state index in [9.17, 15) is 14.0 Å². The Balaban J connectivity index is 1.61. The van der Waals surface area contributed by atoms with Gasteiger partial charge in [-0.15, -0.1) is 0 Å². The second-order valence-electron chi connectivity index (χ2n) is 7.27. The first-order chi connectivity index (χ1) is 13.5. The molecule has 28 heavy (non-hydrogen) atoms. The fourth-order valence-electron chi connectivity index (χ4n) is 3.35. The minimum absolute atomic E-state index is 0.0721. The molecule has 0 unspecified atom stereocenters. The summed E-state index contributed by atoms with van der Waals surface area (Å²) in [6, 6.07) is 15.9. The van der Waals surface area contributed by atoms with Crippen LogP contribution in [-0.2, 0) is 16.1 Å². The zero-order valence-electron chi connectivity index (χ0n) is 16.3. The summed E-state index contributed by atoms with van der Waals surface area (Å²) >= 11 is 0. The van der Waals surface area contributed by atoms with Gasteiger partial charge in [0.2, 0.25) is 0 Å². The first-order valence-corrected chi connectivity index (χ1v) is 9.60. The molecule has 0 N–H and O–H groups in total. The van der Waals surface area contributed by atoms with Crippen LogP contribution in [-0.4, -0.2) is 53.8 Å². The third-order valence-electron chi connectivity index (χ3n) is 5.02. The van der Waals surface area contributed by atoms with Crippen molar-refractivity contribution in [3.63, 3.8) is 0 Å². The molecule has 2 amide bonds. The highest BCUT2D eigenvalue weighted by molar-refractivity contribution is 6.35. The number of benzene rings is 2. The lowest BCUT2D eigenvalue weighted by Crippen LogP contribution is -2.54. The highest BCUT2D eigenvalue weighted by Crippen LogP contribution is 2.17. The molecule has 2 aromatic rings. The van der Waals surface area contributed by atoms with E-state index in [0.29, 0.717) is 32.7 Å². The van der Waals surface area contributed by atoms with Crippen LogP contribution in [0, 0.1) is 5.82 Å². The van der Waals surface area contributed by atoms with Crippen molar-refractivity contribution in [1.29, 1.82) is 0 Å². The Morgan fingerprint density at radius 3 is 2.14 bits per heavy atom. The van der Waals surface area contributed by atoms with Gasteiger partial charge in [0.1, 0.15) is 5.82 Å². The first-order valence-electron chi connectivity index (χ1n) is 9.60. The average molecular weight is 383 g/mol. The summed E-state index contributed by atoms with van der Waals surface area (Å²) in [4.78, 5) is 31.0. The molecule has 6 heteroatoms. The molecule has 5 nitrogen and oxygen atoms in total. The van der Waals surface area contributed by atoms with Gasteiger partial charge in [0.15, 0.2) is 0 Å². The second kappa shape index (κ2) is 8.87. The molecule has 0 radical (unpaired) electrons. The summed E-state index contributed by atoms with van der Waals surface area (Å²) in [6.45, 7) is 6.42. The zero-order valence-corrected chi connectivity index (χ0v) is 16.3. The van der Waals surface area contributed by atoms with E-state index in [1.807, 2.05) is 44.2 Å². The summed E-state index contributed by atoms with van der Waals surface area (Å²) in [7, 11) is 0. The Kier molecular flexibility index (Phi) is 6.29. The van der Waals surface area contributed by atoms with Gasteiger partial charge in [0, 0.05) is 44.5 Å². The van der Waals surface area contributed by atoms with Crippen LogP contribution in [0.15, 0.2) is 54.6 Å². The number of carbonyl (C=O) groups excluding carboxylic acids is 2. The molecule has 0 bridgehead atoms. The largest absolute Gasteiger partial charge is 0.368 e. The molecule has 1 fully saturated rings. The summed E-state index contributed by atoms with van der Waals surface area (Å²) in [6.07, 6.45) is 0. The highest BCUT2D eigenvalue weighted by Gasteiger charge is 2.30. The Hall–Kier alpha value is -2.89. The molecule has 148 valence electrons. The summed E-state index contributed by atoms with van der Waals surface area (Å²) in [5.74, 6) is -1.19. The van der Waals surface area contributed by atoms with Gasteiger partial charge in [-0.2, -0.15) is 0 Å². The molecular formula is C22H26FN3O2. The summed E-state index contributed by atoms with van der Waals surface area (Å²) in [5, 5.41) is 0. The van der Waals surface area contributed by atoms with Crippen LogP contribution >= 0.6 is 0 Å². The van der Waals surface area contributed by atoms with Crippen molar-refractivity contribution in [1.82, 2.24) is 9.80 Å². The van der Waals surface area contributed by atoms with Crippen molar-refractivity contribution in [2.75, 3.05) is 31.1 Å². The number of halogens is 1. The number of amides is 2. The molecular weight excluding hydrogens is 357 g/mol. The molecule has 0 spiro atoms. The van der Waals surface area contributed by atoms with E-state index in [-0.39, 0.29) is 11.9 Å². The minimum atomic E-state index is -0.464. The molecule has 2 aromatic carbocycles. The van der Waals surface area contributed by atoms with Gasteiger partial charge in [0.05, 0.1) is 0 Å². The van der Waals surface area contributed by atoms with Crippen molar-refractivity contribution in [2.45, 2.75) is 26.4 Å². The summed E-state index contributed by atoms with van der Waals surface area (Å²) < 4.78 is 13.1. The molecule has 1 aliphatic heterocycles. The number of anilines is 1. The predicted octanol–water partition coefficient (Wildman–Crippen LogP) is 2.91. The van der Waals surface area contributed by atoms with E-state index in [4.69, 9.17) is 0 Å². The van der Waals surface area contributed by atoms with Crippen LogP contribution < -0.4 is 4.90 Å². The van der Waals surface area contributed by atoms with E-state index in [2.05, 4.69) is 4.90 Å². The van der Waals surface area contributed by atoms with Gasteiger partial charge in [-0.25, -0.2) is 4.39 Å². The van der Waals surface area contributed by atoms with Crippen molar-refractivity contribution in [3.05, 3.63) is 66.0 Å². The van der Waals surface area contributed by atoms with Crippen LogP contribution in [0.1, 0.15) is 19.4 Å². The van der Waals surface area contributed by atoms with E-state index in [1.54, 1.807) is 21.9 Å². The van der Waals surface area contributed by atoms with E-state index < -0.39 is 11.8 Å². The lowest BCUT2D eigenvalue weighted by molar-refractivity contribution is -0.153. The molecule has 1 aliphatic rings. The standard InChI is InChI=1S/C22H26FN3O2/c1-17(2)26(16-18-6-4-3-5-7-18)22(28)21(27)25-14-12-24(13-15-25)20-10-8-19(23)9-11-20/h3-11,17H,12-16H2,1-2H3. The molecule has 1 saturated heterocycles.